The van der Waals surface area contributed by atoms with E-state index in [9.17, 15) is 9.59 Å². The summed E-state index contributed by atoms with van der Waals surface area (Å²) in [5.74, 6) is -1.04. The van der Waals surface area contributed by atoms with E-state index in [0.717, 1.165) is 4.70 Å². The first-order valence-corrected chi connectivity index (χ1v) is 6.36. The topological polar surface area (TPSA) is 104 Å². The summed E-state index contributed by atoms with van der Waals surface area (Å²) < 4.78 is 5.92. The second kappa shape index (κ2) is 5.99. The molecule has 0 spiro atoms. The number of carbonyl (C=O) groups is 2. The number of benzene rings is 1. The first-order chi connectivity index (χ1) is 9.63. The molecule has 1 heterocycles. The third kappa shape index (κ3) is 3.02. The molecule has 0 saturated heterocycles. The Morgan fingerprint density at radius 1 is 1.45 bits per heavy atom. The highest BCUT2D eigenvalue weighted by atomic mass is 32.1. The lowest BCUT2D eigenvalue weighted by Gasteiger charge is -1.99. The van der Waals surface area contributed by atoms with Crippen molar-refractivity contribution < 1.29 is 14.3 Å². The van der Waals surface area contributed by atoms with Gasteiger partial charge in [0.15, 0.2) is 5.13 Å². The number of methoxy groups -OCH3 is 1. The van der Waals surface area contributed by atoms with Crippen LogP contribution in [0.5, 0.6) is 5.75 Å². The molecule has 0 saturated carbocycles. The third-order valence-corrected chi connectivity index (χ3v) is 3.28. The zero-order chi connectivity index (χ0) is 14.5. The number of nitriles is 1. The molecule has 1 aromatic carbocycles. The Labute approximate surface area is 118 Å². The van der Waals surface area contributed by atoms with Gasteiger partial charge in [-0.1, -0.05) is 11.3 Å². The fourth-order valence-corrected chi connectivity index (χ4v) is 2.33. The summed E-state index contributed by atoms with van der Waals surface area (Å²) >= 11 is 1.23. The molecular weight excluding hydrogens is 280 g/mol. The smallest absolute Gasteiger partial charge is 0.315 e. The molecule has 0 atom stereocenters. The number of fused-ring (bicyclic) bond motifs is 1. The highest BCUT2D eigenvalue weighted by molar-refractivity contribution is 7.22. The van der Waals surface area contributed by atoms with Crippen molar-refractivity contribution in [2.45, 2.75) is 0 Å². The molecule has 1 aromatic heterocycles. The fraction of sp³-hybridized carbons (Fsp3) is 0.167. The molecule has 0 aliphatic carbocycles. The minimum Gasteiger partial charge on any atom is -0.497 e. The van der Waals surface area contributed by atoms with Crippen LogP contribution in [0.2, 0.25) is 0 Å². The molecule has 102 valence electrons. The predicted octanol–water partition coefficient (Wildman–Crippen LogP) is 0.883. The van der Waals surface area contributed by atoms with Crippen molar-refractivity contribution in [3.8, 4) is 11.8 Å². The van der Waals surface area contributed by atoms with Crippen LogP contribution in [0.3, 0.4) is 0 Å². The number of nitrogens with one attached hydrogen (secondary N) is 2. The van der Waals surface area contributed by atoms with Gasteiger partial charge in [-0.3, -0.25) is 14.9 Å². The average molecular weight is 290 g/mol. The van der Waals surface area contributed by atoms with Gasteiger partial charge in [0.05, 0.1) is 23.4 Å². The minimum absolute atomic E-state index is 0.219. The van der Waals surface area contributed by atoms with E-state index in [1.165, 1.54) is 11.3 Å². The highest BCUT2D eigenvalue weighted by Crippen LogP contribution is 2.28. The quantitative estimate of drug-likeness (QED) is 0.645. The van der Waals surface area contributed by atoms with Gasteiger partial charge >= 0.3 is 11.8 Å². The van der Waals surface area contributed by atoms with Crippen molar-refractivity contribution in [3.05, 3.63) is 18.2 Å². The molecule has 2 amide bonds. The Balaban J connectivity index is 2.12. The lowest BCUT2D eigenvalue weighted by atomic mass is 10.3. The molecule has 0 radical (unpaired) electrons. The van der Waals surface area contributed by atoms with Gasteiger partial charge in [-0.15, -0.1) is 0 Å². The van der Waals surface area contributed by atoms with Crippen LogP contribution in [0.1, 0.15) is 0 Å². The normalized spacial score (nSPS) is 9.80. The second-order valence-electron chi connectivity index (χ2n) is 3.65. The van der Waals surface area contributed by atoms with Gasteiger partial charge in [0.1, 0.15) is 12.3 Å². The summed E-state index contributed by atoms with van der Waals surface area (Å²) in [4.78, 5) is 27.0. The monoisotopic (exact) mass is 290 g/mol. The zero-order valence-electron chi connectivity index (χ0n) is 10.5. The van der Waals surface area contributed by atoms with Crippen LogP contribution in [-0.4, -0.2) is 30.5 Å². The van der Waals surface area contributed by atoms with E-state index in [1.807, 2.05) is 0 Å². The number of hydrogen-bond donors (Lipinski definition) is 2. The molecule has 0 aliphatic heterocycles. The maximum absolute atomic E-state index is 11.5. The molecule has 0 bridgehead atoms. The van der Waals surface area contributed by atoms with E-state index < -0.39 is 11.8 Å². The van der Waals surface area contributed by atoms with E-state index in [-0.39, 0.29) is 6.54 Å². The van der Waals surface area contributed by atoms with Gasteiger partial charge in [-0.05, 0) is 18.2 Å². The zero-order valence-corrected chi connectivity index (χ0v) is 11.3. The fourth-order valence-electron chi connectivity index (χ4n) is 1.44. The van der Waals surface area contributed by atoms with Gasteiger partial charge < -0.3 is 10.1 Å². The number of aromatic nitrogens is 1. The Bertz CT molecular complexity index is 704. The number of hydrogen-bond acceptors (Lipinski definition) is 6. The Hall–Kier alpha value is -2.66. The Morgan fingerprint density at radius 3 is 2.95 bits per heavy atom. The molecule has 20 heavy (non-hydrogen) atoms. The van der Waals surface area contributed by atoms with Gasteiger partial charge in [0.2, 0.25) is 0 Å². The van der Waals surface area contributed by atoms with Crippen LogP contribution in [0.25, 0.3) is 10.2 Å². The maximum Gasteiger partial charge on any atom is 0.315 e. The molecular formula is C12H10N4O3S. The van der Waals surface area contributed by atoms with Crippen molar-refractivity contribution in [1.82, 2.24) is 10.3 Å². The number of rotatable bonds is 3. The molecule has 0 fully saturated rings. The number of anilines is 1. The van der Waals surface area contributed by atoms with Crippen molar-refractivity contribution >= 4 is 38.5 Å². The van der Waals surface area contributed by atoms with Crippen molar-refractivity contribution in [2.24, 2.45) is 0 Å². The lowest BCUT2D eigenvalue weighted by molar-refractivity contribution is -0.136. The Morgan fingerprint density at radius 2 is 2.25 bits per heavy atom. The van der Waals surface area contributed by atoms with Gasteiger partial charge in [0, 0.05) is 0 Å². The van der Waals surface area contributed by atoms with E-state index in [2.05, 4.69) is 15.6 Å². The molecule has 0 unspecified atom stereocenters. The van der Waals surface area contributed by atoms with Crippen molar-refractivity contribution in [2.75, 3.05) is 19.0 Å². The summed E-state index contributed by atoms with van der Waals surface area (Å²) in [6.45, 7) is -0.219. The molecule has 2 rings (SSSR count). The lowest BCUT2D eigenvalue weighted by Crippen LogP contribution is -2.35. The van der Waals surface area contributed by atoms with Gasteiger partial charge in [-0.25, -0.2) is 4.98 Å². The van der Waals surface area contributed by atoms with Crippen LogP contribution in [0.15, 0.2) is 18.2 Å². The molecule has 2 aromatic rings. The largest absolute Gasteiger partial charge is 0.497 e. The number of thiazole rings is 1. The predicted molar refractivity (Wildman–Crippen MR) is 73.4 cm³/mol. The van der Waals surface area contributed by atoms with E-state index in [4.69, 9.17) is 10.00 Å². The number of amides is 2. The van der Waals surface area contributed by atoms with Crippen LogP contribution in [0, 0.1) is 11.3 Å². The molecule has 8 heteroatoms. The number of carbonyl (C=O) groups excluding carboxylic acids is 2. The SMILES string of the molecule is COc1ccc2nc(NC(=O)C(=O)NCC#N)sc2c1. The molecule has 2 N–H and O–H groups in total. The summed E-state index contributed by atoms with van der Waals surface area (Å²) in [5, 5.41) is 13.2. The van der Waals surface area contributed by atoms with Gasteiger partial charge in [-0.2, -0.15) is 5.26 Å². The first-order valence-electron chi connectivity index (χ1n) is 5.54. The van der Waals surface area contributed by atoms with Crippen molar-refractivity contribution in [1.29, 1.82) is 5.26 Å². The number of ether oxygens (including phenoxy) is 1. The third-order valence-electron chi connectivity index (χ3n) is 2.35. The summed E-state index contributed by atoms with van der Waals surface area (Å²) in [6, 6.07) is 7.02. The highest BCUT2D eigenvalue weighted by Gasteiger charge is 2.15. The summed E-state index contributed by atoms with van der Waals surface area (Å²) in [5.41, 5.74) is 0.698. The van der Waals surface area contributed by atoms with Crippen molar-refractivity contribution in [3.63, 3.8) is 0 Å². The van der Waals surface area contributed by atoms with Crippen LogP contribution in [-0.2, 0) is 9.59 Å². The summed E-state index contributed by atoms with van der Waals surface area (Å²) in [6.07, 6.45) is 0. The maximum atomic E-state index is 11.5. The molecule has 7 nitrogen and oxygen atoms in total. The van der Waals surface area contributed by atoms with Crippen LogP contribution >= 0.6 is 11.3 Å². The Kier molecular flexibility index (Phi) is 4.12. The standard InChI is InChI=1S/C12H10N4O3S/c1-19-7-2-3-8-9(6-7)20-12(15-8)16-11(18)10(17)14-5-4-13/h2-3,6H,5H2,1H3,(H,14,17)(H,15,16,18). The van der Waals surface area contributed by atoms with E-state index in [0.29, 0.717) is 16.4 Å². The first kappa shape index (κ1) is 13.8. The number of nitrogens with zero attached hydrogens (tertiary/aromatic N) is 2. The minimum atomic E-state index is -0.872. The average Bonchev–Trinajstić information content (AvgIpc) is 2.85. The van der Waals surface area contributed by atoms with Crippen LogP contribution in [0.4, 0.5) is 5.13 Å². The van der Waals surface area contributed by atoms with E-state index in [1.54, 1.807) is 31.4 Å². The second-order valence-corrected chi connectivity index (χ2v) is 4.68. The van der Waals surface area contributed by atoms with Gasteiger partial charge in [0.25, 0.3) is 0 Å². The van der Waals surface area contributed by atoms with E-state index >= 15 is 0 Å². The summed E-state index contributed by atoms with van der Waals surface area (Å²) in [7, 11) is 1.56. The molecule has 0 aliphatic rings. The van der Waals surface area contributed by atoms with Crippen LogP contribution < -0.4 is 15.4 Å².